The van der Waals surface area contributed by atoms with E-state index in [4.69, 9.17) is 21.7 Å². The number of amides is 2. The predicted molar refractivity (Wildman–Crippen MR) is 145 cm³/mol. The molecule has 1 N–H and O–H groups in total. The molecule has 2 amide bonds. The third-order valence-corrected chi connectivity index (χ3v) is 7.12. The molecule has 0 unspecified atom stereocenters. The SMILES string of the molecule is COc1ccc(NC(=O)C[C@@H]2C(=O)N(c3cccc(OC)c3)C(=S)N2CCCN2CCCCC2)cc1. The highest BCUT2D eigenvalue weighted by molar-refractivity contribution is 7.80. The highest BCUT2D eigenvalue weighted by atomic mass is 32.1. The lowest BCUT2D eigenvalue weighted by Gasteiger charge is -2.28. The zero-order chi connectivity index (χ0) is 25.5. The minimum absolute atomic E-state index is 0.00911. The van der Waals surface area contributed by atoms with E-state index in [1.807, 2.05) is 23.1 Å². The summed E-state index contributed by atoms with van der Waals surface area (Å²) in [5.41, 5.74) is 1.29. The number of rotatable bonds is 10. The minimum atomic E-state index is -0.664. The number of hydrogen-bond acceptors (Lipinski definition) is 6. The lowest BCUT2D eigenvalue weighted by molar-refractivity contribution is -0.124. The van der Waals surface area contributed by atoms with Gasteiger partial charge in [-0.15, -0.1) is 0 Å². The van der Waals surface area contributed by atoms with Gasteiger partial charge in [0, 0.05) is 18.3 Å². The topological polar surface area (TPSA) is 74.3 Å². The first kappa shape index (κ1) is 25.9. The first-order valence-electron chi connectivity index (χ1n) is 12.4. The summed E-state index contributed by atoms with van der Waals surface area (Å²) >= 11 is 5.79. The maximum Gasteiger partial charge on any atom is 0.256 e. The van der Waals surface area contributed by atoms with Crippen molar-refractivity contribution in [3.8, 4) is 11.5 Å². The number of nitrogens with zero attached hydrogens (tertiary/aromatic N) is 3. The number of benzene rings is 2. The molecule has 0 radical (unpaired) electrons. The third-order valence-electron chi connectivity index (χ3n) is 6.70. The van der Waals surface area contributed by atoms with Crippen LogP contribution < -0.4 is 19.7 Å². The zero-order valence-corrected chi connectivity index (χ0v) is 21.8. The maximum atomic E-state index is 13.6. The van der Waals surface area contributed by atoms with E-state index in [1.54, 1.807) is 44.6 Å². The first-order chi connectivity index (χ1) is 17.5. The van der Waals surface area contributed by atoms with Crippen molar-refractivity contribution in [2.24, 2.45) is 0 Å². The minimum Gasteiger partial charge on any atom is -0.497 e. The van der Waals surface area contributed by atoms with Crippen LogP contribution >= 0.6 is 12.2 Å². The van der Waals surface area contributed by atoms with E-state index in [0.717, 1.165) is 26.1 Å². The van der Waals surface area contributed by atoms with E-state index in [-0.39, 0.29) is 18.2 Å². The molecule has 0 aliphatic carbocycles. The summed E-state index contributed by atoms with van der Waals surface area (Å²) in [5, 5.41) is 3.32. The van der Waals surface area contributed by atoms with Gasteiger partial charge in [-0.1, -0.05) is 12.5 Å². The number of thiocarbonyl (C=S) groups is 1. The van der Waals surface area contributed by atoms with E-state index in [1.165, 1.54) is 24.2 Å². The van der Waals surface area contributed by atoms with Gasteiger partial charge in [0.2, 0.25) is 5.91 Å². The van der Waals surface area contributed by atoms with Crippen molar-refractivity contribution in [3.63, 3.8) is 0 Å². The van der Waals surface area contributed by atoms with E-state index in [9.17, 15) is 9.59 Å². The number of likely N-dealkylation sites (tertiary alicyclic amines) is 1. The van der Waals surface area contributed by atoms with Crippen LogP contribution in [-0.2, 0) is 9.59 Å². The van der Waals surface area contributed by atoms with Gasteiger partial charge in [0.25, 0.3) is 5.91 Å². The van der Waals surface area contributed by atoms with Gasteiger partial charge in [0.05, 0.1) is 26.3 Å². The van der Waals surface area contributed by atoms with Crippen LogP contribution in [0.1, 0.15) is 32.1 Å². The summed E-state index contributed by atoms with van der Waals surface area (Å²) in [4.78, 5) is 32.5. The molecule has 1 atom stereocenters. The molecule has 0 saturated carbocycles. The van der Waals surface area contributed by atoms with Crippen molar-refractivity contribution in [1.82, 2.24) is 9.80 Å². The molecule has 2 aliphatic heterocycles. The Bertz CT molecular complexity index is 1070. The summed E-state index contributed by atoms with van der Waals surface area (Å²) in [6.45, 7) is 3.80. The number of carbonyl (C=O) groups is 2. The highest BCUT2D eigenvalue weighted by Crippen LogP contribution is 2.30. The van der Waals surface area contributed by atoms with Gasteiger partial charge < -0.3 is 24.6 Å². The Hall–Kier alpha value is -3.17. The molecule has 8 nitrogen and oxygen atoms in total. The third kappa shape index (κ3) is 6.14. The molecule has 2 saturated heterocycles. The van der Waals surface area contributed by atoms with Crippen molar-refractivity contribution in [2.45, 2.75) is 38.1 Å². The standard InChI is InChI=1S/C27H34N4O4S/c1-34-22-12-10-20(11-13-22)28-25(32)19-24-26(33)31(21-8-6-9-23(18-21)35-2)27(36)30(24)17-7-16-29-14-4-3-5-15-29/h6,8-13,18,24H,3-5,7,14-17,19H2,1-2H3,(H,28,32)/t24-/m1/s1. The van der Waals surface area contributed by atoms with Crippen molar-refractivity contribution in [2.75, 3.05) is 50.6 Å². The maximum absolute atomic E-state index is 13.6. The average Bonchev–Trinajstić information content (AvgIpc) is 3.13. The zero-order valence-electron chi connectivity index (χ0n) is 20.9. The van der Waals surface area contributed by atoms with Crippen LogP contribution in [0.4, 0.5) is 11.4 Å². The molecule has 4 rings (SSSR count). The largest absolute Gasteiger partial charge is 0.497 e. The number of nitrogens with one attached hydrogen (secondary N) is 1. The van der Waals surface area contributed by atoms with Crippen LogP contribution in [0, 0.1) is 0 Å². The number of carbonyl (C=O) groups excluding carboxylic acids is 2. The van der Waals surface area contributed by atoms with E-state index >= 15 is 0 Å². The van der Waals surface area contributed by atoms with Crippen LogP contribution in [-0.4, -0.2) is 73.2 Å². The first-order valence-corrected chi connectivity index (χ1v) is 12.9. The van der Waals surface area contributed by atoms with Crippen LogP contribution in [0.2, 0.25) is 0 Å². The number of hydrogen-bond donors (Lipinski definition) is 1. The van der Waals surface area contributed by atoms with Gasteiger partial charge in [-0.05, 0) is 87.5 Å². The van der Waals surface area contributed by atoms with Gasteiger partial charge in [-0.3, -0.25) is 14.5 Å². The van der Waals surface area contributed by atoms with Gasteiger partial charge >= 0.3 is 0 Å². The lowest BCUT2D eigenvalue weighted by atomic mass is 10.1. The van der Waals surface area contributed by atoms with Crippen molar-refractivity contribution < 1.29 is 19.1 Å². The summed E-state index contributed by atoms with van der Waals surface area (Å²) in [6.07, 6.45) is 4.64. The molecular weight excluding hydrogens is 476 g/mol. The fourth-order valence-corrected chi connectivity index (χ4v) is 5.20. The number of anilines is 2. The predicted octanol–water partition coefficient (Wildman–Crippen LogP) is 3.91. The van der Waals surface area contributed by atoms with Gasteiger partial charge in [0.1, 0.15) is 17.5 Å². The monoisotopic (exact) mass is 510 g/mol. The van der Waals surface area contributed by atoms with Crippen LogP contribution in [0.5, 0.6) is 11.5 Å². The normalized spacial score (nSPS) is 18.4. The molecule has 2 aliphatic rings. The van der Waals surface area contributed by atoms with Crippen molar-refractivity contribution in [3.05, 3.63) is 48.5 Å². The molecule has 36 heavy (non-hydrogen) atoms. The smallest absolute Gasteiger partial charge is 0.256 e. The van der Waals surface area contributed by atoms with Crippen LogP contribution in [0.15, 0.2) is 48.5 Å². The van der Waals surface area contributed by atoms with Crippen LogP contribution in [0.3, 0.4) is 0 Å². The fraction of sp³-hybridized carbons (Fsp3) is 0.444. The van der Waals surface area contributed by atoms with E-state index < -0.39 is 6.04 Å². The number of piperidine rings is 1. The number of methoxy groups -OCH3 is 2. The quantitative estimate of drug-likeness (QED) is 0.486. The van der Waals surface area contributed by atoms with Crippen molar-refractivity contribution in [1.29, 1.82) is 0 Å². The van der Waals surface area contributed by atoms with Gasteiger partial charge in [0.15, 0.2) is 5.11 Å². The average molecular weight is 511 g/mol. The van der Waals surface area contributed by atoms with Gasteiger partial charge in [-0.25, -0.2) is 0 Å². The second-order valence-electron chi connectivity index (χ2n) is 9.10. The molecule has 2 aromatic rings. The number of ether oxygens (including phenoxy) is 2. The van der Waals surface area contributed by atoms with Crippen LogP contribution in [0.25, 0.3) is 0 Å². The highest BCUT2D eigenvalue weighted by Gasteiger charge is 2.44. The Morgan fingerprint density at radius 3 is 2.42 bits per heavy atom. The molecule has 0 bridgehead atoms. The molecular formula is C27H34N4O4S. The van der Waals surface area contributed by atoms with Crippen molar-refractivity contribution >= 4 is 40.5 Å². The Kier molecular flexibility index (Phi) is 8.77. The fourth-order valence-electron chi connectivity index (χ4n) is 4.78. The van der Waals surface area contributed by atoms with Gasteiger partial charge in [-0.2, -0.15) is 0 Å². The second-order valence-corrected chi connectivity index (χ2v) is 9.47. The Morgan fingerprint density at radius 1 is 1.00 bits per heavy atom. The molecule has 192 valence electrons. The summed E-state index contributed by atoms with van der Waals surface area (Å²) in [7, 11) is 3.18. The van der Waals surface area contributed by atoms with E-state index in [0.29, 0.717) is 34.5 Å². The molecule has 2 aromatic carbocycles. The molecule has 2 heterocycles. The lowest BCUT2D eigenvalue weighted by Crippen LogP contribution is -2.40. The second kappa shape index (κ2) is 12.2. The molecule has 2 fully saturated rings. The molecule has 0 aromatic heterocycles. The molecule has 0 spiro atoms. The summed E-state index contributed by atoms with van der Waals surface area (Å²) < 4.78 is 10.5. The molecule has 9 heteroatoms. The summed E-state index contributed by atoms with van der Waals surface area (Å²) in [5.74, 6) is 0.907. The Balaban J connectivity index is 1.48. The van der Waals surface area contributed by atoms with E-state index in [2.05, 4.69) is 10.2 Å². The Morgan fingerprint density at radius 2 is 1.72 bits per heavy atom. The Labute approximate surface area is 218 Å². The summed E-state index contributed by atoms with van der Waals surface area (Å²) in [6, 6.07) is 13.7.